The summed E-state index contributed by atoms with van der Waals surface area (Å²) in [5, 5.41) is 19.7. The molecule has 0 heterocycles. The van der Waals surface area contributed by atoms with Gasteiger partial charge in [-0.2, -0.15) is 5.26 Å². The summed E-state index contributed by atoms with van der Waals surface area (Å²) >= 11 is 0. The van der Waals surface area contributed by atoms with Gasteiger partial charge in [0.1, 0.15) is 0 Å². The third-order valence-corrected chi connectivity index (χ3v) is 2.07. The minimum absolute atomic E-state index is 0.0222. The molecule has 0 aromatic heterocycles. The maximum Gasteiger partial charge on any atom is 0.303 e. The molecule has 0 unspecified atom stereocenters. The van der Waals surface area contributed by atoms with E-state index >= 15 is 0 Å². The molecule has 5 nitrogen and oxygen atoms in total. The number of carboxylic acids is 1. The first-order valence-electron chi connectivity index (χ1n) is 5.13. The minimum Gasteiger partial charge on any atom is -0.481 e. The minimum atomic E-state index is -0.913. The van der Waals surface area contributed by atoms with Gasteiger partial charge in [0.15, 0.2) is 0 Å². The van der Waals surface area contributed by atoms with Gasteiger partial charge >= 0.3 is 5.97 Å². The molecule has 0 spiro atoms. The Morgan fingerprint density at radius 1 is 1.35 bits per heavy atom. The van der Waals surface area contributed by atoms with Crippen LogP contribution in [-0.2, 0) is 9.59 Å². The summed E-state index contributed by atoms with van der Waals surface area (Å²) in [6, 6.07) is 8.52. The Kier molecular flexibility index (Phi) is 4.70. The molecular weight excluding hydrogens is 220 g/mol. The van der Waals surface area contributed by atoms with E-state index in [0.29, 0.717) is 17.7 Å². The second-order valence-electron chi connectivity index (χ2n) is 3.49. The summed E-state index contributed by atoms with van der Waals surface area (Å²) in [7, 11) is 0. The van der Waals surface area contributed by atoms with Gasteiger partial charge in [-0.05, 0) is 24.6 Å². The van der Waals surface area contributed by atoms with Crippen LogP contribution in [0, 0.1) is 11.3 Å². The molecule has 17 heavy (non-hydrogen) atoms. The molecule has 0 atom stereocenters. The molecule has 1 aromatic carbocycles. The van der Waals surface area contributed by atoms with Gasteiger partial charge in [-0.3, -0.25) is 9.59 Å². The predicted molar refractivity (Wildman–Crippen MR) is 61.3 cm³/mol. The number of carbonyl (C=O) groups is 2. The first-order chi connectivity index (χ1) is 8.11. The largest absolute Gasteiger partial charge is 0.481 e. The van der Waals surface area contributed by atoms with Crippen molar-refractivity contribution in [1.82, 2.24) is 0 Å². The molecule has 88 valence electrons. The number of nitrogens with one attached hydrogen (secondary N) is 1. The van der Waals surface area contributed by atoms with Crippen LogP contribution in [0.15, 0.2) is 24.3 Å². The molecule has 1 amide bonds. The fourth-order valence-electron chi connectivity index (χ4n) is 1.29. The zero-order valence-electron chi connectivity index (χ0n) is 9.14. The first-order valence-corrected chi connectivity index (χ1v) is 5.13. The van der Waals surface area contributed by atoms with E-state index < -0.39 is 5.97 Å². The third-order valence-electron chi connectivity index (χ3n) is 2.07. The van der Waals surface area contributed by atoms with Gasteiger partial charge in [0.25, 0.3) is 0 Å². The Balaban J connectivity index is 2.45. The topological polar surface area (TPSA) is 90.2 Å². The van der Waals surface area contributed by atoms with E-state index in [9.17, 15) is 9.59 Å². The Hall–Kier alpha value is -2.35. The Bertz CT molecular complexity index is 463. The van der Waals surface area contributed by atoms with Crippen LogP contribution < -0.4 is 5.32 Å². The lowest BCUT2D eigenvalue weighted by Crippen LogP contribution is -2.11. The number of nitriles is 1. The van der Waals surface area contributed by atoms with Crippen LogP contribution in [0.2, 0.25) is 0 Å². The molecule has 5 heteroatoms. The van der Waals surface area contributed by atoms with E-state index in [1.807, 2.05) is 6.07 Å². The Morgan fingerprint density at radius 3 is 2.76 bits per heavy atom. The second-order valence-corrected chi connectivity index (χ2v) is 3.49. The monoisotopic (exact) mass is 232 g/mol. The molecule has 1 rings (SSSR count). The number of hydrogen-bond donors (Lipinski definition) is 2. The highest BCUT2D eigenvalue weighted by Crippen LogP contribution is 2.10. The van der Waals surface area contributed by atoms with Crippen molar-refractivity contribution in [2.45, 2.75) is 19.3 Å². The van der Waals surface area contributed by atoms with E-state index in [1.165, 1.54) is 0 Å². The molecule has 2 N–H and O–H groups in total. The lowest BCUT2D eigenvalue weighted by Gasteiger charge is -2.04. The highest BCUT2D eigenvalue weighted by atomic mass is 16.4. The summed E-state index contributed by atoms with van der Waals surface area (Å²) < 4.78 is 0. The van der Waals surface area contributed by atoms with Crippen molar-refractivity contribution in [3.8, 4) is 6.07 Å². The second kappa shape index (κ2) is 6.28. The third kappa shape index (κ3) is 4.80. The predicted octanol–water partition coefficient (Wildman–Crippen LogP) is 1.75. The van der Waals surface area contributed by atoms with Crippen molar-refractivity contribution in [2.24, 2.45) is 0 Å². The fourth-order valence-corrected chi connectivity index (χ4v) is 1.29. The van der Waals surface area contributed by atoms with Crippen LogP contribution in [0.1, 0.15) is 24.8 Å². The molecule has 0 aliphatic rings. The van der Waals surface area contributed by atoms with Gasteiger partial charge in [0.2, 0.25) is 5.91 Å². The Morgan fingerprint density at radius 2 is 2.12 bits per heavy atom. The lowest BCUT2D eigenvalue weighted by atomic mass is 10.2. The average molecular weight is 232 g/mol. The summed E-state index contributed by atoms with van der Waals surface area (Å²) in [4.78, 5) is 21.7. The zero-order chi connectivity index (χ0) is 12.7. The molecule has 0 radical (unpaired) electrons. The van der Waals surface area contributed by atoms with Gasteiger partial charge in [0, 0.05) is 18.5 Å². The van der Waals surface area contributed by atoms with Crippen molar-refractivity contribution in [3.63, 3.8) is 0 Å². The van der Waals surface area contributed by atoms with Gasteiger partial charge in [-0.1, -0.05) is 6.07 Å². The standard InChI is InChI=1S/C12H12N2O3/c13-8-9-3-1-4-10(7-9)14-11(15)5-2-6-12(16)17/h1,3-4,7H,2,5-6H2,(H,14,15)(H,16,17). The van der Waals surface area contributed by atoms with Gasteiger partial charge in [0.05, 0.1) is 11.6 Å². The normalized spacial score (nSPS) is 9.35. The molecule has 0 saturated carbocycles. The summed E-state index contributed by atoms with van der Waals surface area (Å²) in [5.41, 5.74) is 1.01. The number of benzene rings is 1. The smallest absolute Gasteiger partial charge is 0.303 e. The van der Waals surface area contributed by atoms with Crippen LogP contribution in [0.25, 0.3) is 0 Å². The van der Waals surface area contributed by atoms with Crippen LogP contribution >= 0.6 is 0 Å². The van der Waals surface area contributed by atoms with Gasteiger partial charge < -0.3 is 10.4 Å². The van der Waals surface area contributed by atoms with Crippen LogP contribution in [-0.4, -0.2) is 17.0 Å². The van der Waals surface area contributed by atoms with Crippen molar-refractivity contribution in [1.29, 1.82) is 5.26 Å². The van der Waals surface area contributed by atoms with Gasteiger partial charge in [-0.25, -0.2) is 0 Å². The quantitative estimate of drug-likeness (QED) is 0.809. The van der Waals surface area contributed by atoms with E-state index in [-0.39, 0.29) is 18.7 Å². The molecule has 0 saturated heterocycles. The number of anilines is 1. The van der Waals surface area contributed by atoms with E-state index in [2.05, 4.69) is 5.32 Å². The first kappa shape index (κ1) is 12.7. The van der Waals surface area contributed by atoms with Gasteiger partial charge in [-0.15, -0.1) is 0 Å². The average Bonchev–Trinajstić information content (AvgIpc) is 2.28. The van der Waals surface area contributed by atoms with Crippen molar-refractivity contribution < 1.29 is 14.7 Å². The fraction of sp³-hybridized carbons (Fsp3) is 0.250. The number of aliphatic carboxylic acids is 1. The molecule has 0 bridgehead atoms. The van der Waals surface area contributed by atoms with E-state index in [0.717, 1.165) is 0 Å². The SMILES string of the molecule is N#Cc1cccc(NC(=O)CCCC(=O)O)c1. The summed E-state index contributed by atoms with van der Waals surface area (Å²) in [5.74, 6) is -1.16. The zero-order valence-corrected chi connectivity index (χ0v) is 9.14. The van der Waals surface area contributed by atoms with Crippen LogP contribution in [0.3, 0.4) is 0 Å². The van der Waals surface area contributed by atoms with E-state index in [4.69, 9.17) is 10.4 Å². The molecular formula is C12H12N2O3. The Labute approximate surface area is 98.7 Å². The molecule has 0 fully saturated rings. The number of nitrogens with zero attached hydrogens (tertiary/aromatic N) is 1. The van der Waals surface area contributed by atoms with Crippen LogP contribution in [0.5, 0.6) is 0 Å². The number of carboxylic acid groups (broad SMARTS) is 1. The van der Waals surface area contributed by atoms with Crippen molar-refractivity contribution in [2.75, 3.05) is 5.32 Å². The van der Waals surface area contributed by atoms with Crippen molar-refractivity contribution >= 4 is 17.6 Å². The molecule has 0 aliphatic carbocycles. The lowest BCUT2D eigenvalue weighted by molar-refractivity contribution is -0.137. The van der Waals surface area contributed by atoms with Crippen LogP contribution in [0.4, 0.5) is 5.69 Å². The summed E-state index contributed by atoms with van der Waals surface area (Å²) in [6.07, 6.45) is 0.438. The number of amides is 1. The maximum absolute atomic E-state index is 11.4. The highest BCUT2D eigenvalue weighted by molar-refractivity contribution is 5.91. The molecule has 0 aliphatic heterocycles. The van der Waals surface area contributed by atoms with E-state index in [1.54, 1.807) is 24.3 Å². The van der Waals surface area contributed by atoms with Crippen molar-refractivity contribution in [3.05, 3.63) is 29.8 Å². The number of rotatable bonds is 5. The highest BCUT2D eigenvalue weighted by Gasteiger charge is 2.04. The number of carbonyl (C=O) groups excluding carboxylic acids is 1. The summed E-state index contributed by atoms with van der Waals surface area (Å²) in [6.45, 7) is 0. The molecule has 1 aromatic rings. The maximum atomic E-state index is 11.4. The number of hydrogen-bond acceptors (Lipinski definition) is 3.